The molecule has 2 aliphatic carbocycles. The third kappa shape index (κ3) is 8.27. The third-order valence-corrected chi connectivity index (χ3v) is 12.4. The van der Waals surface area contributed by atoms with Gasteiger partial charge in [-0.05, 0) is 112 Å². The molecule has 7 nitrogen and oxygen atoms in total. The number of nitrogens with one attached hydrogen (secondary N) is 2. The number of carbonyl (C=O) groups excluding carboxylic acids is 2. The Morgan fingerprint density at radius 3 is 2.10 bits per heavy atom. The Kier molecular flexibility index (Phi) is 12.3. The topological polar surface area (TPSA) is 90.7 Å². The molecule has 3 aliphatic rings. The standard InChI is InChI=1S/C41H63N5O2/c1-28-36(39(47)43-26-37-29(2)41(30(3)44-40(37)48)22-12-10-8-7-9-11-13-23-41)24-33(32-16-14-31(15-17-32)27-45(4)5)25-38(28)46(6)35-20-18-34(42)19-21-35/h14-17,24-25,29-30,34-35,37H,7-13,18-23,26-27,42H2,1-6H3,(H,43,47)(H,44,48)/t29?,30?,34-,35-,37?. The van der Waals surface area contributed by atoms with Gasteiger partial charge in [0.05, 0.1) is 5.92 Å². The molecule has 2 aromatic rings. The van der Waals surface area contributed by atoms with Gasteiger partial charge >= 0.3 is 0 Å². The molecular formula is C41H63N5O2. The van der Waals surface area contributed by atoms with Gasteiger partial charge < -0.3 is 26.2 Å². The minimum Gasteiger partial charge on any atom is -0.371 e. The molecule has 1 aliphatic heterocycles. The van der Waals surface area contributed by atoms with Crippen LogP contribution in [0.2, 0.25) is 0 Å². The van der Waals surface area contributed by atoms with Crippen LogP contribution in [0.1, 0.15) is 119 Å². The molecule has 0 radical (unpaired) electrons. The van der Waals surface area contributed by atoms with Crippen molar-refractivity contribution < 1.29 is 9.59 Å². The number of benzene rings is 2. The van der Waals surface area contributed by atoms with Crippen LogP contribution in [0.25, 0.3) is 11.1 Å². The Balaban J connectivity index is 1.41. The Bertz CT molecular complexity index is 1370. The van der Waals surface area contributed by atoms with E-state index < -0.39 is 0 Å². The molecule has 1 saturated heterocycles. The van der Waals surface area contributed by atoms with E-state index in [0.29, 0.717) is 18.2 Å². The Hall–Kier alpha value is -2.90. The summed E-state index contributed by atoms with van der Waals surface area (Å²) in [5.74, 6) is -0.0578. The van der Waals surface area contributed by atoms with E-state index in [4.69, 9.17) is 5.73 Å². The van der Waals surface area contributed by atoms with Crippen LogP contribution in [0.3, 0.4) is 0 Å². The molecule has 0 bridgehead atoms. The third-order valence-electron chi connectivity index (χ3n) is 12.4. The van der Waals surface area contributed by atoms with Crippen LogP contribution in [-0.2, 0) is 11.3 Å². The van der Waals surface area contributed by atoms with E-state index in [1.54, 1.807) is 0 Å². The number of hydrogen-bond donors (Lipinski definition) is 3. The van der Waals surface area contributed by atoms with Gasteiger partial charge in [-0.25, -0.2) is 0 Å². The van der Waals surface area contributed by atoms with E-state index in [1.807, 2.05) is 0 Å². The predicted molar refractivity (Wildman–Crippen MR) is 199 cm³/mol. The lowest BCUT2D eigenvalue weighted by Gasteiger charge is -2.51. The lowest BCUT2D eigenvalue weighted by molar-refractivity contribution is -0.137. The second-order valence-electron chi connectivity index (χ2n) is 15.8. The highest BCUT2D eigenvalue weighted by molar-refractivity contribution is 5.99. The van der Waals surface area contributed by atoms with Crippen molar-refractivity contribution in [1.82, 2.24) is 15.5 Å². The first-order valence-corrected chi connectivity index (χ1v) is 19.0. The quantitative estimate of drug-likeness (QED) is 0.275. The largest absolute Gasteiger partial charge is 0.371 e. The molecule has 3 atom stereocenters. The second kappa shape index (κ2) is 16.2. The molecular weight excluding hydrogens is 594 g/mol. The molecule has 264 valence electrons. The molecule has 4 N–H and O–H groups in total. The number of hydrogen-bond acceptors (Lipinski definition) is 5. The summed E-state index contributed by atoms with van der Waals surface area (Å²) >= 11 is 0. The van der Waals surface area contributed by atoms with Crippen molar-refractivity contribution in [3.8, 4) is 11.1 Å². The number of rotatable bonds is 8. The fourth-order valence-corrected chi connectivity index (χ4v) is 9.18. The number of nitrogens with zero attached hydrogens (tertiary/aromatic N) is 2. The zero-order chi connectivity index (χ0) is 34.4. The van der Waals surface area contributed by atoms with Crippen molar-refractivity contribution in [2.45, 2.75) is 129 Å². The van der Waals surface area contributed by atoms with Crippen molar-refractivity contribution in [2.24, 2.45) is 23.0 Å². The van der Waals surface area contributed by atoms with E-state index in [0.717, 1.165) is 67.4 Å². The average Bonchev–Trinajstić information content (AvgIpc) is 3.06. The zero-order valence-electron chi connectivity index (χ0n) is 30.7. The summed E-state index contributed by atoms with van der Waals surface area (Å²) in [4.78, 5) is 32.3. The molecule has 48 heavy (non-hydrogen) atoms. The minimum atomic E-state index is -0.241. The number of nitrogens with two attached hydrogens (primary N) is 1. The highest BCUT2D eigenvalue weighted by Crippen LogP contribution is 2.48. The molecule has 2 amide bonds. The van der Waals surface area contributed by atoms with Crippen LogP contribution >= 0.6 is 0 Å². The van der Waals surface area contributed by atoms with Crippen molar-refractivity contribution >= 4 is 17.5 Å². The zero-order valence-corrected chi connectivity index (χ0v) is 30.7. The van der Waals surface area contributed by atoms with Crippen LogP contribution in [-0.4, -0.2) is 62.5 Å². The molecule has 3 fully saturated rings. The average molecular weight is 658 g/mol. The van der Waals surface area contributed by atoms with Gasteiger partial charge in [-0.1, -0.05) is 76.1 Å². The van der Waals surface area contributed by atoms with E-state index in [2.05, 4.69) is 98.7 Å². The maximum absolute atomic E-state index is 14.2. The van der Waals surface area contributed by atoms with E-state index in [9.17, 15) is 9.59 Å². The van der Waals surface area contributed by atoms with Gasteiger partial charge in [-0.15, -0.1) is 0 Å². The monoisotopic (exact) mass is 657 g/mol. The maximum atomic E-state index is 14.2. The summed E-state index contributed by atoms with van der Waals surface area (Å²) in [6, 6.07) is 13.8. The minimum absolute atomic E-state index is 0.0770. The molecule has 0 aromatic heterocycles. The number of amides is 2. The molecule has 2 aromatic carbocycles. The lowest BCUT2D eigenvalue weighted by atomic mass is 9.58. The summed E-state index contributed by atoms with van der Waals surface area (Å²) in [5.41, 5.74) is 12.5. The smallest absolute Gasteiger partial charge is 0.251 e. The van der Waals surface area contributed by atoms with Crippen LogP contribution in [0, 0.1) is 24.2 Å². The van der Waals surface area contributed by atoms with Crippen LogP contribution in [0.5, 0.6) is 0 Å². The summed E-state index contributed by atoms with van der Waals surface area (Å²) < 4.78 is 0. The highest BCUT2D eigenvalue weighted by atomic mass is 16.2. The van der Waals surface area contributed by atoms with E-state index >= 15 is 0 Å². The lowest BCUT2D eigenvalue weighted by Crippen LogP contribution is -2.61. The summed E-state index contributed by atoms with van der Waals surface area (Å²) in [5, 5.41) is 6.66. The van der Waals surface area contributed by atoms with Crippen molar-refractivity contribution in [2.75, 3.05) is 32.6 Å². The van der Waals surface area contributed by atoms with E-state index in [-0.39, 0.29) is 41.1 Å². The molecule has 5 rings (SSSR count). The second-order valence-corrected chi connectivity index (χ2v) is 15.8. The van der Waals surface area contributed by atoms with Gasteiger partial charge in [-0.3, -0.25) is 9.59 Å². The molecule has 7 heteroatoms. The first-order valence-electron chi connectivity index (χ1n) is 19.0. The Morgan fingerprint density at radius 1 is 0.896 bits per heavy atom. The first kappa shape index (κ1) is 36.4. The summed E-state index contributed by atoms with van der Waals surface area (Å²) in [6.45, 7) is 7.81. The van der Waals surface area contributed by atoms with Crippen molar-refractivity contribution in [3.63, 3.8) is 0 Å². The van der Waals surface area contributed by atoms with Gasteiger partial charge in [0, 0.05) is 49.5 Å². The molecule has 2 saturated carbocycles. The van der Waals surface area contributed by atoms with Gasteiger partial charge in [0.2, 0.25) is 5.91 Å². The Morgan fingerprint density at radius 2 is 1.50 bits per heavy atom. The van der Waals surface area contributed by atoms with Crippen molar-refractivity contribution in [1.29, 1.82) is 0 Å². The van der Waals surface area contributed by atoms with Gasteiger partial charge in [-0.2, -0.15) is 0 Å². The first-order chi connectivity index (χ1) is 23.0. The van der Waals surface area contributed by atoms with Gasteiger partial charge in [0.25, 0.3) is 5.91 Å². The Labute approximate surface area is 290 Å². The normalized spacial score (nSPS) is 26.6. The summed E-state index contributed by atoms with van der Waals surface area (Å²) in [6.07, 6.45) is 15.4. The molecule has 1 heterocycles. The maximum Gasteiger partial charge on any atom is 0.251 e. The fraction of sp³-hybridized carbons (Fsp3) is 0.659. The van der Waals surface area contributed by atoms with Crippen LogP contribution < -0.4 is 21.3 Å². The van der Waals surface area contributed by atoms with Gasteiger partial charge in [0.1, 0.15) is 0 Å². The fourth-order valence-electron chi connectivity index (χ4n) is 9.18. The molecule has 1 spiro atoms. The number of carbonyl (C=O) groups is 2. The predicted octanol–water partition coefficient (Wildman–Crippen LogP) is 7.44. The summed E-state index contributed by atoms with van der Waals surface area (Å²) in [7, 11) is 6.33. The highest BCUT2D eigenvalue weighted by Gasteiger charge is 2.50. The van der Waals surface area contributed by atoms with Gasteiger partial charge in [0.15, 0.2) is 0 Å². The SMILES string of the molecule is Cc1c(C(=O)NCC2C(=O)NC(C)C3(CCCCCCCCC3)C2C)cc(-c2ccc(CN(C)C)cc2)cc1N(C)[C@H]1CC[C@H](N)CC1. The number of anilines is 1. The number of piperidine rings is 1. The van der Waals surface area contributed by atoms with Crippen molar-refractivity contribution in [3.05, 3.63) is 53.1 Å². The van der Waals surface area contributed by atoms with E-state index in [1.165, 1.54) is 50.5 Å². The molecule has 3 unspecified atom stereocenters. The van der Waals surface area contributed by atoms with Crippen LogP contribution in [0.4, 0.5) is 5.69 Å². The van der Waals surface area contributed by atoms with Crippen LogP contribution in [0.15, 0.2) is 36.4 Å².